The van der Waals surface area contributed by atoms with E-state index in [1.165, 1.54) is 14.0 Å². The van der Waals surface area contributed by atoms with E-state index in [-0.39, 0.29) is 23.4 Å². The number of hydrogen-bond donors (Lipinski definition) is 0. The number of likely N-dealkylation sites (N-methyl/N-ethyl adjacent to an activating group) is 1. The maximum Gasteiger partial charge on any atom is 0.416 e. The van der Waals surface area contributed by atoms with Crippen LogP contribution in [0.3, 0.4) is 0 Å². The van der Waals surface area contributed by atoms with Crippen LogP contribution < -0.4 is 9.80 Å². The van der Waals surface area contributed by atoms with Crippen LogP contribution in [0.15, 0.2) is 24.3 Å². The van der Waals surface area contributed by atoms with E-state index in [9.17, 15) is 31.5 Å². The fraction of sp³-hybridized carbons (Fsp3) is 0.350. The summed E-state index contributed by atoms with van der Waals surface area (Å²) in [5.74, 6) is -2.97. The van der Waals surface area contributed by atoms with E-state index in [1.807, 2.05) is 0 Å². The highest BCUT2D eigenvalue weighted by molar-refractivity contribution is 6.05. The van der Waals surface area contributed by atoms with Gasteiger partial charge in [0.1, 0.15) is 18.2 Å². The standard InChI is InChI=1S/C20H18F5N3O3/c1-4-12-13(21)5-6-14(17(12)22)27(3)18(29)15-9-31-19(30)28(15)16-8-11(20(23,24)25)7-10(2)26-16/h5-8,15H,4,9H2,1-3H3. The molecule has 1 atom stereocenters. The fourth-order valence-electron chi connectivity index (χ4n) is 3.31. The summed E-state index contributed by atoms with van der Waals surface area (Å²) < 4.78 is 72.9. The van der Waals surface area contributed by atoms with Crippen LogP contribution in [-0.4, -0.2) is 36.7 Å². The zero-order valence-electron chi connectivity index (χ0n) is 16.8. The predicted octanol–water partition coefficient (Wildman–Crippen LogP) is 4.24. The number of rotatable bonds is 4. The number of carbonyl (C=O) groups excluding carboxylic acids is 2. The molecule has 1 aliphatic heterocycles. The number of amides is 2. The number of aromatic nitrogens is 1. The van der Waals surface area contributed by atoms with E-state index in [4.69, 9.17) is 4.74 Å². The number of hydrogen-bond acceptors (Lipinski definition) is 4. The van der Waals surface area contributed by atoms with E-state index in [0.29, 0.717) is 11.0 Å². The van der Waals surface area contributed by atoms with E-state index in [1.54, 1.807) is 6.92 Å². The van der Waals surface area contributed by atoms with Crippen LogP contribution in [0.5, 0.6) is 0 Å². The van der Waals surface area contributed by atoms with Gasteiger partial charge in [0.25, 0.3) is 5.91 Å². The third-order valence-corrected chi connectivity index (χ3v) is 4.88. The van der Waals surface area contributed by atoms with Gasteiger partial charge in [0.15, 0.2) is 11.9 Å². The van der Waals surface area contributed by atoms with Gasteiger partial charge in [-0.3, -0.25) is 4.79 Å². The Kier molecular flexibility index (Phi) is 5.88. The number of carbonyl (C=O) groups is 2. The topological polar surface area (TPSA) is 62.7 Å². The number of pyridine rings is 1. The lowest BCUT2D eigenvalue weighted by Crippen LogP contribution is -2.47. The molecule has 166 valence electrons. The molecule has 2 heterocycles. The first kappa shape index (κ1) is 22.4. The van der Waals surface area contributed by atoms with Crippen molar-refractivity contribution in [1.29, 1.82) is 0 Å². The van der Waals surface area contributed by atoms with Crippen molar-refractivity contribution < 1.29 is 36.3 Å². The number of aryl methyl sites for hydroxylation is 1. The smallest absolute Gasteiger partial charge is 0.416 e. The van der Waals surface area contributed by atoms with E-state index >= 15 is 0 Å². The quantitative estimate of drug-likeness (QED) is 0.664. The van der Waals surface area contributed by atoms with Crippen molar-refractivity contribution in [2.75, 3.05) is 23.5 Å². The largest absolute Gasteiger partial charge is 0.446 e. The van der Waals surface area contributed by atoms with Crippen molar-refractivity contribution in [1.82, 2.24) is 4.98 Å². The van der Waals surface area contributed by atoms with Crippen molar-refractivity contribution in [3.05, 3.63) is 52.7 Å². The van der Waals surface area contributed by atoms with Crippen molar-refractivity contribution >= 4 is 23.5 Å². The Morgan fingerprint density at radius 3 is 2.58 bits per heavy atom. The highest BCUT2D eigenvalue weighted by Crippen LogP contribution is 2.34. The first-order valence-corrected chi connectivity index (χ1v) is 9.22. The molecule has 0 spiro atoms. The van der Waals surface area contributed by atoms with E-state index < -0.39 is 53.8 Å². The summed E-state index contributed by atoms with van der Waals surface area (Å²) in [5, 5.41) is 0. The Morgan fingerprint density at radius 2 is 1.97 bits per heavy atom. The molecule has 1 aromatic heterocycles. The SMILES string of the molecule is CCc1c(F)ccc(N(C)C(=O)C2COC(=O)N2c2cc(C(F)(F)F)cc(C)n2)c1F. The average Bonchev–Trinajstić information content (AvgIpc) is 3.07. The van der Waals surface area contributed by atoms with Gasteiger partial charge in [-0.15, -0.1) is 0 Å². The summed E-state index contributed by atoms with van der Waals surface area (Å²) in [6, 6.07) is 2.12. The zero-order chi connectivity index (χ0) is 23.1. The third kappa shape index (κ3) is 4.17. The van der Waals surface area contributed by atoms with Crippen LogP contribution >= 0.6 is 0 Å². The zero-order valence-corrected chi connectivity index (χ0v) is 16.8. The van der Waals surface area contributed by atoms with Gasteiger partial charge in [-0.05, 0) is 37.6 Å². The van der Waals surface area contributed by atoms with Gasteiger partial charge in [-0.1, -0.05) is 6.92 Å². The minimum Gasteiger partial charge on any atom is -0.446 e. The second kappa shape index (κ2) is 8.12. The van der Waals surface area contributed by atoms with E-state index in [0.717, 1.165) is 23.1 Å². The Balaban J connectivity index is 1.99. The Labute approximate surface area is 174 Å². The number of alkyl halides is 3. The van der Waals surface area contributed by atoms with Gasteiger partial charge >= 0.3 is 12.3 Å². The minimum absolute atomic E-state index is 0.0266. The molecular weight excluding hydrogens is 425 g/mol. The maximum absolute atomic E-state index is 14.7. The first-order chi connectivity index (χ1) is 14.5. The summed E-state index contributed by atoms with van der Waals surface area (Å²) in [6.45, 7) is 2.38. The lowest BCUT2D eigenvalue weighted by Gasteiger charge is -2.26. The van der Waals surface area contributed by atoms with Crippen molar-refractivity contribution in [2.24, 2.45) is 0 Å². The normalized spacial score (nSPS) is 16.5. The number of cyclic esters (lactones) is 1. The molecule has 1 aliphatic rings. The molecule has 0 N–H and O–H groups in total. The monoisotopic (exact) mass is 443 g/mol. The third-order valence-electron chi connectivity index (χ3n) is 4.88. The highest BCUT2D eigenvalue weighted by Gasteiger charge is 2.43. The van der Waals surface area contributed by atoms with Gasteiger partial charge < -0.3 is 9.64 Å². The average molecular weight is 443 g/mol. The maximum atomic E-state index is 14.7. The lowest BCUT2D eigenvalue weighted by molar-refractivity contribution is -0.137. The summed E-state index contributed by atoms with van der Waals surface area (Å²) in [7, 11) is 1.21. The Morgan fingerprint density at radius 1 is 1.29 bits per heavy atom. The summed E-state index contributed by atoms with van der Waals surface area (Å²) in [6.07, 6.45) is -5.72. The van der Waals surface area contributed by atoms with E-state index in [2.05, 4.69) is 4.98 Å². The lowest BCUT2D eigenvalue weighted by atomic mass is 10.1. The molecule has 0 bridgehead atoms. The molecule has 31 heavy (non-hydrogen) atoms. The molecule has 1 fully saturated rings. The van der Waals surface area contributed by atoms with Crippen molar-refractivity contribution in [2.45, 2.75) is 32.5 Å². The second-order valence-electron chi connectivity index (χ2n) is 6.93. The molecule has 1 unspecified atom stereocenters. The van der Waals surface area contributed by atoms with Crippen LogP contribution in [0.25, 0.3) is 0 Å². The first-order valence-electron chi connectivity index (χ1n) is 9.22. The molecule has 1 aromatic carbocycles. The minimum atomic E-state index is -4.70. The summed E-state index contributed by atoms with van der Waals surface area (Å²) >= 11 is 0. The van der Waals surface area contributed by atoms with Crippen molar-refractivity contribution in [3.8, 4) is 0 Å². The molecule has 2 amide bonds. The van der Waals surface area contributed by atoms with Crippen molar-refractivity contribution in [3.63, 3.8) is 0 Å². The number of benzene rings is 1. The molecular formula is C20H18F5N3O3. The molecule has 0 saturated carbocycles. The predicted molar refractivity (Wildman–Crippen MR) is 101 cm³/mol. The molecule has 11 heteroatoms. The van der Waals surface area contributed by atoms with Crippen LogP contribution in [0.1, 0.15) is 23.7 Å². The highest BCUT2D eigenvalue weighted by atomic mass is 19.4. The fourth-order valence-corrected chi connectivity index (χ4v) is 3.31. The molecule has 0 radical (unpaired) electrons. The number of halogens is 5. The van der Waals surface area contributed by atoms with Crippen LogP contribution in [-0.2, 0) is 22.1 Å². The number of ether oxygens (including phenoxy) is 1. The second-order valence-corrected chi connectivity index (χ2v) is 6.93. The Bertz CT molecular complexity index is 1040. The molecule has 3 rings (SSSR count). The molecule has 1 saturated heterocycles. The van der Waals surface area contributed by atoms with Crippen LogP contribution in [0, 0.1) is 18.6 Å². The van der Waals surface area contributed by atoms with Gasteiger partial charge in [-0.25, -0.2) is 23.5 Å². The Hall–Kier alpha value is -3.24. The van der Waals surface area contributed by atoms with Gasteiger partial charge in [0.05, 0.1) is 11.3 Å². The summed E-state index contributed by atoms with van der Waals surface area (Å²) in [5.41, 5.74) is -1.54. The summed E-state index contributed by atoms with van der Waals surface area (Å²) in [4.78, 5) is 30.7. The van der Waals surface area contributed by atoms with Crippen LogP contribution in [0.2, 0.25) is 0 Å². The molecule has 6 nitrogen and oxygen atoms in total. The van der Waals surface area contributed by atoms with Gasteiger partial charge in [-0.2, -0.15) is 13.2 Å². The number of anilines is 2. The van der Waals surface area contributed by atoms with Gasteiger partial charge in [0.2, 0.25) is 0 Å². The molecule has 2 aromatic rings. The molecule has 0 aliphatic carbocycles. The number of nitrogens with zero attached hydrogens (tertiary/aromatic N) is 3. The van der Waals surface area contributed by atoms with Gasteiger partial charge in [0, 0.05) is 18.3 Å². The van der Waals surface area contributed by atoms with Crippen LogP contribution in [0.4, 0.5) is 38.3 Å².